The van der Waals surface area contributed by atoms with Crippen LogP contribution in [0.15, 0.2) is 232 Å². The van der Waals surface area contributed by atoms with Crippen molar-refractivity contribution < 1.29 is 91.5 Å². The average molecular weight is 1870 g/mol. The number of ether oxygens (including phenoxy) is 6. The topological polar surface area (TPSA) is 336 Å². The van der Waals surface area contributed by atoms with Crippen LogP contribution in [0, 0.1) is 67.2 Å². The van der Waals surface area contributed by atoms with E-state index in [9.17, 15) is 49.8 Å². The number of furan rings is 3. The first-order valence-electron chi connectivity index (χ1n) is 46.3. The molecule has 2 aliphatic carbocycles. The summed E-state index contributed by atoms with van der Waals surface area (Å²) in [6.07, 6.45) is 2.17. The number of carbonyl (C=O) groups is 4. The van der Waals surface area contributed by atoms with Gasteiger partial charge in [-0.05, 0) is 249 Å². The molecular weight excluding hydrogens is 1760 g/mol. The van der Waals surface area contributed by atoms with Crippen molar-refractivity contribution in [3.63, 3.8) is 0 Å². The smallest absolute Gasteiger partial charge is 0.336 e. The van der Waals surface area contributed by atoms with Crippen molar-refractivity contribution in [2.45, 2.75) is 144 Å². The molecule has 22 rings (SSSR count). The van der Waals surface area contributed by atoms with E-state index in [0.29, 0.717) is 157 Å². The van der Waals surface area contributed by atoms with Gasteiger partial charge >= 0.3 is 23.9 Å². The third kappa shape index (κ3) is 18.1. The molecule has 2 saturated carbocycles. The second kappa shape index (κ2) is 37.4. The van der Waals surface area contributed by atoms with Crippen molar-refractivity contribution in [1.82, 2.24) is 19.9 Å². The number of benzene rings is 10. The predicted molar refractivity (Wildman–Crippen MR) is 535 cm³/mol. The van der Waals surface area contributed by atoms with Gasteiger partial charge in [0, 0.05) is 49.4 Å². The number of hydrogen-bond acceptors (Lipinski definition) is 20. The Kier molecular flexibility index (Phi) is 25.1. The van der Waals surface area contributed by atoms with Crippen molar-refractivity contribution in [3.8, 4) is 67.9 Å². The van der Waals surface area contributed by atoms with Crippen LogP contribution in [0.3, 0.4) is 0 Å². The number of hydrogen-bond donors (Lipinski definition) is 6. The number of rotatable bonds is 22. The van der Waals surface area contributed by atoms with Gasteiger partial charge in [-0.1, -0.05) is 146 Å². The Morgan fingerprint density at radius 3 is 0.978 bits per heavy atom. The predicted octanol–water partition coefficient (Wildman–Crippen LogP) is 25.9. The number of fused-ring (bicyclic) bond motifs is 8. The van der Waals surface area contributed by atoms with Crippen LogP contribution in [0.25, 0.3) is 132 Å². The van der Waals surface area contributed by atoms with E-state index in [-0.39, 0.29) is 46.3 Å². The molecule has 0 bridgehead atoms. The fourth-order valence-electron chi connectivity index (χ4n) is 19.5. The molecule has 2 unspecified atom stereocenters. The highest BCUT2D eigenvalue weighted by Gasteiger charge is 2.41. The number of nitrogens with zero attached hydrogens (tertiary/aromatic N) is 4. The number of aliphatic hydroxyl groups is 2. The molecular formula is C114H104N4O19S. The summed E-state index contributed by atoms with van der Waals surface area (Å²) >= 11 is 1.64. The number of aromatic nitrogens is 4. The van der Waals surface area contributed by atoms with E-state index >= 15 is 0 Å². The Hall–Kier alpha value is -14.7. The van der Waals surface area contributed by atoms with Gasteiger partial charge in [-0.3, -0.25) is 0 Å². The van der Waals surface area contributed by atoms with Crippen LogP contribution in [0.5, 0.6) is 23.0 Å². The van der Waals surface area contributed by atoms with Crippen molar-refractivity contribution in [1.29, 1.82) is 0 Å². The fraction of sp³-hybridized carbons (Fsp3) is 0.263. The van der Waals surface area contributed by atoms with Crippen molar-refractivity contribution in [2.75, 3.05) is 39.6 Å². The summed E-state index contributed by atoms with van der Waals surface area (Å²) in [5, 5.41) is 66.6. The van der Waals surface area contributed by atoms with Crippen LogP contribution in [-0.4, -0.2) is 125 Å². The zero-order valence-corrected chi connectivity index (χ0v) is 79.3. The van der Waals surface area contributed by atoms with E-state index in [1.165, 1.54) is 16.5 Å². The monoisotopic (exact) mass is 1860 g/mol. The molecule has 4 aliphatic rings. The van der Waals surface area contributed by atoms with Crippen LogP contribution in [0.4, 0.5) is 0 Å². The number of thiophene rings is 1. The van der Waals surface area contributed by atoms with Gasteiger partial charge in [-0.15, -0.1) is 11.3 Å². The van der Waals surface area contributed by atoms with Crippen LogP contribution in [0.2, 0.25) is 0 Å². The van der Waals surface area contributed by atoms with E-state index in [1.54, 1.807) is 47.7 Å². The summed E-state index contributed by atoms with van der Waals surface area (Å²) in [5.41, 5.74) is 18.0. The lowest BCUT2D eigenvalue weighted by Gasteiger charge is -2.40. The minimum atomic E-state index is -1.05. The fourth-order valence-corrected chi connectivity index (χ4v) is 20.7. The van der Waals surface area contributed by atoms with E-state index in [0.717, 1.165) is 125 Å². The van der Waals surface area contributed by atoms with E-state index in [2.05, 4.69) is 67.6 Å². The molecule has 0 spiro atoms. The van der Waals surface area contributed by atoms with E-state index in [4.69, 9.17) is 61.6 Å². The molecule has 138 heavy (non-hydrogen) atoms. The first-order valence-corrected chi connectivity index (χ1v) is 47.1. The molecule has 0 amide bonds. The number of carboxylic acid groups (broad SMARTS) is 4. The van der Waals surface area contributed by atoms with Gasteiger partial charge < -0.3 is 72.3 Å². The Labute approximate surface area is 799 Å². The average Bonchev–Trinajstić information content (AvgIpc) is 1.43. The molecule has 2 aliphatic heterocycles. The Morgan fingerprint density at radius 1 is 0.377 bits per heavy atom. The highest BCUT2D eigenvalue weighted by Crippen LogP contribution is 2.48. The zero-order valence-electron chi connectivity index (χ0n) is 78.5. The summed E-state index contributed by atoms with van der Waals surface area (Å²) < 4.78 is 54.8. The Bertz CT molecular complexity index is 7390. The molecule has 24 heteroatoms. The van der Waals surface area contributed by atoms with Crippen molar-refractivity contribution in [2.24, 2.45) is 11.8 Å². The highest BCUT2D eigenvalue weighted by atomic mass is 32.1. The quantitative estimate of drug-likeness (QED) is 0.0367. The molecule has 2 saturated heterocycles. The van der Waals surface area contributed by atoms with E-state index in [1.807, 2.05) is 197 Å². The zero-order chi connectivity index (χ0) is 96.6. The second-order valence-corrected chi connectivity index (χ2v) is 38.6. The van der Waals surface area contributed by atoms with Gasteiger partial charge in [-0.25, -0.2) is 39.1 Å². The summed E-state index contributed by atoms with van der Waals surface area (Å²) in [6, 6.07) is 69.5. The molecule has 0 radical (unpaired) electrons. The number of aromatic carboxylic acids is 4. The molecule has 2 atom stereocenters. The summed E-state index contributed by atoms with van der Waals surface area (Å²) in [4.78, 5) is 70.0. The molecule has 10 heterocycles. The van der Waals surface area contributed by atoms with Crippen LogP contribution >= 0.6 is 11.3 Å². The third-order valence-electron chi connectivity index (χ3n) is 27.2. The lowest BCUT2D eigenvalue weighted by molar-refractivity contribution is -0.0692. The SMILES string of the molecule is Cc1c(-c2cc(C(=O)O)c3c(OC(C)c4ccc(C5COC5)cc4)ccc(C)c3n2)oc2ccccc12.Cc1c(-c2cc(C(=O)O)c3c(OC(C)c4ccc(C5COC5)cc4)ccc(C)c3n2)sc2ccccc12.Cc1c(-c2cc(C(=O)O)c3c(OCC4CC(C)(O)C4)ccc(C)c3n2)oc2ccccc12.Cc1c(-c2cc(C(=O)O)c3c(OCC4CC(C)(O)C4)ccc(C)c3n2)oc2ccccc12. The lowest BCUT2D eigenvalue weighted by Crippen LogP contribution is -2.43. The first-order chi connectivity index (χ1) is 66.3. The minimum absolute atomic E-state index is 0.129. The van der Waals surface area contributed by atoms with Crippen molar-refractivity contribution in [3.05, 3.63) is 307 Å². The van der Waals surface area contributed by atoms with Gasteiger partial charge in [0.25, 0.3) is 0 Å². The number of carboxylic acids is 4. The van der Waals surface area contributed by atoms with Crippen LogP contribution in [-0.2, 0) is 9.47 Å². The molecule has 700 valence electrons. The second-order valence-electron chi connectivity index (χ2n) is 37.6. The van der Waals surface area contributed by atoms with Gasteiger partial charge in [-0.2, -0.15) is 0 Å². The van der Waals surface area contributed by atoms with Crippen LogP contribution in [0.1, 0.15) is 186 Å². The Balaban J connectivity index is 0.000000118. The molecule has 23 nitrogen and oxygen atoms in total. The Morgan fingerprint density at radius 2 is 0.674 bits per heavy atom. The maximum Gasteiger partial charge on any atom is 0.336 e. The molecule has 18 aromatic rings. The molecule has 4 fully saturated rings. The normalized spacial score (nSPS) is 17.3. The molecule has 10 aromatic carbocycles. The summed E-state index contributed by atoms with van der Waals surface area (Å²) in [6.45, 7) is 27.1. The summed E-state index contributed by atoms with van der Waals surface area (Å²) in [7, 11) is 0. The van der Waals surface area contributed by atoms with Crippen molar-refractivity contribution >= 4 is 122 Å². The van der Waals surface area contributed by atoms with E-state index < -0.39 is 35.1 Å². The largest absolute Gasteiger partial charge is 0.493 e. The molecule has 8 aromatic heterocycles. The number of aryl methyl sites for hydroxylation is 8. The maximum atomic E-state index is 12.5. The number of para-hydroxylation sites is 3. The minimum Gasteiger partial charge on any atom is -0.493 e. The van der Waals surface area contributed by atoms with Gasteiger partial charge in [0.2, 0.25) is 0 Å². The number of pyridine rings is 4. The first kappa shape index (κ1) is 92.4. The summed E-state index contributed by atoms with van der Waals surface area (Å²) in [5.74, 6) is 0.998. The van der Waals surface area contributed by atoms with Gasteiger partial charge in [0.05, 0.1) is 127 Å². The standard InChI is InChI=1S/C31H27NO5.C31H27NO4S.2C26H25NO5/c1-17-8-13-27(36-19(3)20-9-11-21(12-10-20)22-15-35-16-22)28-24(31(33)34)14-25(32-29(17)28)30-18(2)23-6-4-5-7-26(23)37-30;1-17-8-13-26(36-19(3)20-9-11-21(12-10-20)22-15-35-16-22)28-24(31(33)34)14-25(32-29(17)28)30-18(2)23-6-4-5-7-27(23)37-30;2*1-14-8-9-21(31-13-16-11-26(3,30)12-16)22-18(25(28)29)10-19(27-23(14)22)24-15(2)17-6-4-5-7-20(17)32-24/h2*4-14,19,22H,15-16H2,1-3H3,(H,33,34);2*4-10,16,30H,11-13H2,1-3H3,(H,28,29). The third-order valence-corrected chi connectivity index (χ3v) is 28.5. The maximum absolute atomic E-state index is 12.5. The van der Waals surface area contributed by atoms with Crippen LogP contribution < -0.4 is 18.9 Å². The highest BCUT2D eigenvalue weighted by molar-refractivity contribution is 7.22. The lowest BCUT2D eigenvalue weighted by atomic mass is 9.73. The molecule has 6 N–H and O–H groups in total. The van der Waals surface area contributed by atoms with Gasteiger partial charge in [0.1, 0.15) is 69.0 Å². The van der Waals surface area contributed by atoms with Gasteiger partial charge in [0.15, 0.2) is 17.3 Å².